The largest absolute Gasteiger partial charge is 0.481 e. The molecule has 8 unspecified atom stereocenters. The van der Waals surface area contributed by atoms with Crippen molar-refractivity contribution in [2.75, 3.05) is 304 Å². The molecule has 14 N–H and O–H groups in total. The van der Waals surface area contributed by atoms with Crippen LogP contribution in [0.1, 0.15) is 51.4 Å². The molecule has 49 nitrogen and oxygen atoms in total. The van der Waals surface area contributed by atoms with Crippen molar-refractivity contribution in [2.45, 2.75) is 69.7 Å². The Balaban J connectivity index is 4.60. The Kier molecular flexibility index (Phi) is 77.9. The fraction of sp³-hybridized carbons (Fsp3) is 0.966. The van der Waals surface area contributed by atoms with Crippen LogP contribution in [0.15, 0.2) is 0 Å². The van der Waals surface area contributed by atoms with Crippen molar-refractivity contribution < 1.29 is 210 Å². The number of carbonyl (C=O) groups excluding carboxylic acids is 2. The monoisotopic (exact) mass is 1920 g/mol. The van der Waals surface area contributed by atoms with Crippen molar-refractivity contribution in [3.05, 3.63) is 0 Å². The summed E-state index contributed by atoms with van der Waals surface area (Å²) in [6.07, 6.45) is -2.58. The van der Waals surface area contributed by atoms with Crippen LogP contribution in [-0.4, -0.2) is 374 Å². The molecule has 56 heteroatoms. The SMILES string of the molecule is NCOCCC(CO)OP(=O)(O)OCCOCCOCCOCCOCCOCCOP(=O)(O)OCCCCC(=O)NCC(CNC(=O)CCCCOP(=O)(O)OCCOCCOCCOCCOCCOCCOP(=O)(O)OC(CO)CCOCN)OP(=O)(O)OCCOCCOCCOCCOCCOCCOP(=O)(O)OI. The normalized spacial score (nSPS) is 16.0. The summed E-state index contributed by atoms with van der Waals surface area (Å²) in [7, 11) is -26.7. The lowest BCUT2D eigenvalue weighted by Gasteiger charge is -2.22. The van der Waals surface area contributed by atoms with Crippen molar-refractivity contribution in [3.8, 4) is 0 Å². The number of nitrogens with two attached hydrogens (primary N) is 2. The van der Waals surface area contributed by atoms with Crippen LogP contribution in [0.3, 0.4) is 0 Å². The molecule has 0 aromatic carbocycles. The van der Waals surface area contributed by atoms with Crippen LogP contribution in [-0.2, 0) is 170 Å². The van der Waals surface area contributed by atoms with Gasteiger partial charge in [0.15, 0.2) is 0 Å². The van der Waals surface area contributed by atoms with Crippen molar-refractivity contribution >= 4 is 81.8 Å². The third kappa shape index (κ3) is 81.6. The minimum atomic E-state index is -4.84. The standard InChI is InChI=1S/C59H125IN4O45P6/c60-109-115(79,80)105-48-42-95-36-30-89-24-18-83-17-23-88-29-35-94-41-47-104-114(77,78)108-57(49-63-58(67)5-1-3-9-98-110(69,70)100-43-37-90-31-25-84-19-13-81-15-21-86-27-33-92-39-45-102-112(73,74)106-55(51-65)7-11-96-53-61)50-64-59(68)6-2-4-10-99-111(71,72)101-44-38-91-32-26-85-20-14-82-16-22-87-28-34-93-40-46-103-113(75,76)107-56(52-66)8-12-97-54-62/h55-57,65-66H,1-54,61-62H2,(H,63,67)(H,64,68)(H,69,70)(H,71,72)(H,73,74)(H,75,76)(H,77,78)(H,79,80). The highest BCUT2D eigenvalue weighted by molar-refractivity contribution is 14.1. The molecule has 0 aliphatic carbocycles. The Bertz CT molecular complexity index is 2450. The molecule has 0 spiro atoms. The summed E-state index contributed by atoms with van der Waals surface area (Å²) in [6.45, 7) is 1.41. The highest BCUT2D eigenvalue weighted by Crippen LogP contribution is 2.48. The molecule has 0 bridgehead atoms. The first-order chi connectivity index (χ1) is 55.2. The molecule has 0 aromatic rings. The second kappa shape index (κ2) is 78.2. The van der Waals surface area contributed by atoms with Gasteiger partial charge in [-0.1, -0.05) is 0 Å². The zero-order valence-corrected chi connectivity index (χ0v) is 72.3. The van der Waals surface area contributed by atoms with Gasteiger partial charge >= 0.3 is 46.9 Å². The number of unbranched alkanes of at least 4 members (excludes halogenated alkanes) is 2. The molecule has 0 aromatic heterocycles. The summed E-state index contributed by atoms with van der Waals surface area (Å²) in [5, 5.41) is 23.7. The fourth-order valence-corrected chi connectivity index (χ4v) is 12.7. The number of phosphoric ester groups is 6. The van der Waals surface area contributed by atoms with Crippen molar-refractivity contribution in [2.24, 2.45) is 11.5 Å². The lowest BCUT2D eigenvalue weighted by molar-refractivity contribution is -0.121. The van der Waals surface area contributed by atoms with Crippen LogP contribution in [0.25, 0.3) is 0 Å². The first-order valence-corrected chi connectivity index (χ1v) is 46.5. The molecule has 0 saturated carbocycles. The molecule has 8 atom stereocenters. The van der Waals surface area contributed by atoms with Gasteiger partial charge in [-0.15, -0.1) is 0 Å². The Morgan fingerprint density at radius 3 is 0.687 bits per heavy atom. The molecule has 0 rings (SSSR count). The molecule has 0 fully saturated rings. The summed E-state index contributed by atoms with van der Waals surface area (Å²) in [4.78, 5) is 85.2. The average Bonchev–Trinajstić information content (AvgIpc) is 0.901. The van der Waals surface area contributed by atoms with Gasteiger partial charge in [-0.05, 0) is 38.5 Å². The smallest absolute Gasteiger partial charge is 0.394 e. The van der Waals surface area contributed by atoms with Crippen molar-refractivity contribution in [1.29, 1.82) is 0 Å². The summed E-state index contributed by atoms with van der Waals surface area (Å²) in [6, 6.07) is 0. The maximum absolute atomic E-state index is 13.0. The number of hydrogen-bond donors (Lipinski definition) is 12. The van der Waals surface area contributed by atoms with Gasteiger partial charge in [-0.2, -0.15) is 0 Å². The van der Waals surface area contributed by atoms with Gasteiger partial charge in [0.25, 0.3) is 0 Å². The van der Waals surface area contributed by atoms with E-state index < -0.39 is 96.9 Å². The van der Waals surface area contributed by atoms with E-state index in [0.29, 0.717) is 0 Å². The van der Waals surface area contributed by atoms with E-state index in [2.05, 4.69) is 18.0 Å². The Morgan fingerprint density at radius 1 is 0.270 bits per heavy atom. The number of phosphoric acid groups is 6. The number of ether oxygens (including phenoxy) is 17. The Labute approximate surface area is 684 Å². The van der Waals surface area contributed by atoms with Gasteiger partial charge in [-0.25, -0.2) is 30.2 Å². The zero-order chi connectivity index (χ0) is 85.0. The molecule has 0 radical (unpaired) electrons. The van der Waals surface area contributed by atoms with E-state index in [-0.39, 0.29) is 336 Å². The van der Waals surface area contributed by atoms with E-state index in [1.54, 1.807) is 0 Å². The molecule has 0 aliphatic heterocycles. The van der Waals surface area contributed by atoms with Crippen molar-refractivity contribution in [1.82, 2.24) is 10.6 Å². The number of rotatable bonds is 93. The van der Waals surface area contributed by atoms with Gasteiger partial charge in [0, 0.05) is 25.9 Å². The Hall–Kier alpha value is -0.510. The van der Waals surface area contributed by atoms with Gasteiger partial charge in [0.2, 0.25) is 11.8 Å². The Morgan fingerprint density at radius 2 is 0.470 bits per heavy atom. The number of carbonyl (C=O) groups is 2. The fourth-order valence-electron chi connectivity index (χ4n) is 7.83. The third-order valence-corrected chi connectivity index (χ3v) is 20.7. The molecule has 688 valence electrons. The second-order valence-corrected chi connectivity index (χ2v) is 32.2. The van der Waals surface area contributed by atoms with Crippen LogP contribution in [0, 0.1) is 0 Å². The third-order valence-electron chi connectivity index (χ3n) is 13.3. The van der Waals surface area contributed by atoms with Crippen LogP contribution in [0.2, 0.25) is 0 Å². The summed E-state index contributed by atoms with van der Waals surface area (Å²) in [5.41, 5.74) is 10.4. The van der Waals surface area contributed by atoms with Gasteiger partial charge < -0.3 is 142 Å². The predicted octanol–water partition coefficient (Wildman–Crippen LogP) is 0.696. The molecule has 115 heavy (non-hydrogen) atoms. The number of aliphatic hydroxyl groups is 2. The minimum Gasteiger partial charge on any atom is -0.394 e. The molecular formula is C59H125IN4O45P6. The topological polar surface area (TPSA) is 642 Å². The van der Waals surface area contributed by atoms with Gasteiger partial charge in [-0.3, -0.25) is 59.4 Å². The van der Waals surface area contributed by atoms with Crippen molar-refractivity contribution in [3.63, 3.8) is 0 Å². The molecule has 0 aliphatic rings. The zero-order valence-electron chi connectivity index (χ0n) is 64.8. The average molecular weight is 1920 g/mol. The maximum Gasteiger partial charge on any atom is 0.481 e. The number of nitrogens with one attached hydrogen (secondary N) is 2. The lowest BCUT2D eigenvalue weighted by atomic mass is 10.2. The van der Waals surface area contributed by atoms with Crippen LogP contribution in [0.5, 0.6) is 0 Å². The number of halogens is 1. The predicted molar refractivity (Wildman–Crippen MR) is 406 cm³/mol. The summed E-state index contributed by atoms with van der Waals surface area (Å²) < 4.78 is 222. The van der Waals surface area contributed by atoms with E-state index in [0.717, 1.165) is 0 Å². The highest BCUT2D eigenvalue weighted by Gasteiger charge is 2.30. The van der Waals surface area contributed by atoms with E-state index in [1.165, 1.54) is 23.0 Å². The van der Waals surface area contributed by atoms with E-state index >= 15 is 0 Å². The number of amides is 2. The summed E-state index contributed by atoms with van der Waals surface area (Å²) in [5.74, 6) is -1.10. The van der Waals surface area contributed by atoms with Crippen LogP contribution in [0.4, 0.5) is 0 Å². The van der Waals surface area contributed by atoms with Gasteiger partial charge in [0.1, 0.15) is 29.1 Å². The first-order valence-electron chi connectivity index (χ1n) is 36.7. The van der Waals surface area contributed by atoms with Crippen LogP contribution >= 0.6 is 69.9 Å². The maximum atomic E-state index is 13.0. The second-order valence-electron chi connectivity index (χ2n) is 22.5. The molecule has 0 saturated heterocycles. The van der Waals surface area contributed by atoms with E-state index in [1.807, 2.05) is 0 Å². The first kappa shape index (κ1) is 114. The van der Waals surface area contributed by atoms with E-state index in [9.17, 15) is 71.7 Å². The number of hydrogen-bond acceptors (Lipinski definition) is 41. The lowest BCUT2D eigenvalue weighted by Crippen LogP contribution is -2.41. The van der Waals surface area contributed by atoms with Crippen LogP contribution < -0.4 is 22.1 Å². The van der Waals surface area contributed by atoms with E-state index in [4.69, 9.17) is 142 Å². The molecular weight excluding hydrogens is 1800 g/mol. The molecule has 2 amide bonds. The summed E-state index contributed by atoms with van der Waals surface area (Å²) >= 11 is 1.26. The minimum absolute atomic E-state index is 0.0121. The number of aliphatic hydroxyl groups excluding tert-OH is 2. The molecule has 0 heterocycles. The quantitative estimate of drug-likeness (QED) is 0.0173. The van der Waals surface area contributed by atoms with Gasteiger partial charge in [0.05, 0.1) is 303 Å². The highest BCUT2D eigenvalue weighted by atomic mass is 127.